The van der Waals surface area contributed by atoms with Crippen molar-refractivity contribution in [2.24, 2.45) is 0 Å². The largest absolute Gasteiger partial charge is 0.303 e. The number of carbonyl (C=O) groups is 2. The number of hydrogen-bond acceptors (Lipinski definition) is 2. The summed E-state index contributed by atoms with van der Waals surface area (Å²) in [7, 11) is 0. The fourth-order valence-corrected chi connectivity index (χ4v) is 0.266. The average Bonchev–Trinajstić information content (AvgIpc) is 1.68. The first-order valence-electron chi connectivity index (χ1n) is 2.20. The molecule has 0 aliphatic carbocycles. The molecule has 0 spiro atoms. The first-order valence-corrected chi connectivity index (χ1v) is 2.20. The van der Waals surface area contributed by atoms with Crippen LogP contribution in [-0.2, 0) is 9.59 Å². The van der Waals surface area contributed by atoms with Gasteiger partial charge in [0.15, 0.2) is 0 Å². The lowest BCUT2D eigenvalue weighted by Gasteiger charge is -1.73. The second-order valence-corrected chi connectivity index (χ2v) is 1.17. The Hall–Kier alpha value is -1.10. The van der Waals surface area contributed by atoms with Gasteiger partial charge in [0.25, 0.3) is 0 Å². The third kappa shape index (κ3) is 3.10. The minimum atomic E-state index is -0.317. The topological polar surface area (TPSA) is 34.1 Å². The zero-order chi connectivity index (χ0) is 6.41. The molecule has 2 heteroatoms. The van der Waals surface area contributed by atoms with Crippen LogP contribution in [0.1, 0.15) is 13.3 Å². The number of ketones is 1. The van der Waals surface area contributed by atoms with E-state index >= 15 is 0 Å². The summed E-state index contributed by atoms with van der Waals surface area (Å²) >= 11 is 0. The van der Waals surface area contributed by atoms with Crippen LogP contribution < -0.4 is 0 Å². The van der Waals surface area contributed by atoms with Crippen molar-refractivity contribution in [3.05, 3.63) is 0 Å². The van der Waals surface area contributed by atoms with Crippen molar-refractivity contribution in [1.82, 2.24) is 0 Å². The molecule has 0 atom stereocenters. The monoisotopic (exact) mass is 110 g/mol. The Morgan fingerprint density at radius 2 is 2.38 bits per heavy atom. The van der Waals surface area contributed by atoms with E-state index in [0.29, 0.717) is 6.29 Å². The molecule has 0 unspecified atom stereocenters. The minimum absolute atomic E-state index is 0.0825. The summed E-state index contributed by atoms with van der Waals surface area (Å²) in [4.78, 5) is 19.8. The van der Waals surface area contributed by atoms with Gasteiger partial charge in [0.2, 0.25) is 5.78 Å². The highest BCUT2D eigenvalue weighted by molar-refractivity contribution is 6.02. The lowest BCUT2D eigenvalue weighted by Crippen LogP contribution is -1.91. The van der Waals surface area contributed by atoms with Gasteiger partial charge in [-0.1, -0.05) is 5.92 Å². The van der Waals surface area contributed by atoms with E-state index in [-0.39, 0.29) is 12.2 Å². The van der Waals surface area contributed by atoms with Gasteiger partial charge in [-0.3, -0.25) is 4.79 Å². The summed E-state index contributed by atoms with van der Waals surface area (Å²) < 4.78 is 0. The van der Waals surface area contributed by atoms with Gasteiger partial charge in [-0.05, 0) is 12.8 Å². The molecule has 2 nitrogen and oxygen atoms in total. The Morgan fingerprint density at radius 3 is 2.75 bits per heavy atom. The maximum Gasteiger partial charge on any atom is 0.212 e. The zero-order valence-electron chi connectivity index (χ0n) is 4.60. The van der Waals surface area contributed by atoms with Crippen molar-refractivity contribution in [2.75, 3.05) is 0 Å². The second kappa shape index (κ2) is 4.07. The van der Waals surface area contributed by atoms with Crippen LogP contribution in [0.5, 0.6) is 0 Å². The standard InChI is InChI=1S/C6H6O2/c1-2-3-6(8)4-5-7/h5H,4H2,1H3. The molecule has 0 aromatic rings. The van der Waals surface area contributed by atoms with Gasteiger partial charge in [-0.15, -0.1) is 0 Å². The number of carbonyl (C=O) groups excluding carboxylic acids is 2. The van der Waals surface area contributed by atoms with Gasteiger partial charge in [0.05, 0.1) is 6.42 Å². The molecule has 0 N–H and O–H groups in total. The number of aldehydes is 1. The Labute approximate surface area is 47.9 Å². The molecule has 0 aliphatic heterocycles. The highest BCUT2D eigenvalue weighted by Gasteiger charge is 1.89. The van der Waals surface area contributed by atoms with Crippen LogP contribution in [0.3, 0.4) is 0 Å². The van der Waals surface area contributed by atoms with Gasteiger partial charge in [0, 0.05) is 0 Å². The molecular formula is C6H6O2. The SMILES string of the molecule is CC#CC(=O)CC=O. The van der Waals surface area contributed by atoms with Crippen LogP contribution in [0.25, 0.3) is 0 Å². The van der Waals surface area contributed by atoms with E-state index in [9.17, 15) is 9.59 Å². The fraction of sp³-hybridized carbons (Fsp3) is 0.333. The summed E-state index contributed by atoms with van der Waals surface area (Å²) in [6.07, 6.45) is 0.466. The molecule has 0 saturated heterocycles. The number of rotatable bonds is 2. The molecule has 0 aromatic heterocycles. The Kier molecular flexibility index (Phi) is 3.51. The van der Waals surface area contributed by atoms with Crippen LogP contribution in [0.2, 0.25) is 0 Å². The van der Waals surface area contributed by atoms with E-state index in [1.165, 1.54) is 0 Å². The lowest BCUT2D eigenvalue weighted by molar-refractivity contribution is -0.118. The molecule has 0 aliphatic rings. The molecular weight excluding hydrogens is 104 g/mol. The maximum atomic E-state index is 10.2. The Bertz CT molecular complexity index is 148. The molecule has 8 heavy (non-hydrogen) atoms. The van der Waals surface area contributed by atoms with Gasteiger partial charge in [-0.25, -0.2) is 0 Å². The smallest absolute Gasteiger partial charge is 0.212 e. The Morgan fingerprint density at radius 1 is 1.75 bits per heavy atom. The highest BCUT2D eigenvalue weighted by atomic mass is 16.1. The van der Waals surface area contributed by atoms with E-state index < -0.39 is 0 Å². The molecule has 0 amide bonds. The summed E-state index contributed by atoms with van der Waals surface area (Å²) in [5.74, 6) is 4.30. The molecule has 0 radical (unpaired) electrons. The van der Waals surface area contributed by atoms with Crippen molar-refractivity contribution in [1.29, 1.82) is 0 Å². The molecule has 0 heterocycles. The normalized spacial score (nSPS) is 6.62. The van der Waals surface area contributed by atoms with Crippen LogP contribution >= 0.6 is 0 Å². The predicted octanol–water partition coefficient (Wildman–Crippen LogP) is 0.168. The summed E-state index contributed by atoms with van der Waals surface area (Å²) in [6.45, 7) is 1.56. The minimum Gasteiger partial charge on any atom is -0.303 e. The van der Waals surface area contributed by atoms with E-state index in [0.717, 1.165) is 0 Å². The Balaban J connectivity index is 3.60. The van der Waals surface area contributed by atoms with E-state index in [4.69, 9.17) is 0 Å². The molecule has 0 fully saturated rings. The van der Waals surface area contributed by atoms with Gasteiger partial charge in [-0.2, -0.15) is 0 Å². The van der Waals surface area contributed by atoms with E-state index in [1.807, 2.05) is 0 Å². The van der Waals surface area contributed by atoms with Crippen LogP contribution in [0.15, 0.2) is 0 Å². The van der Waals surface area contributed by atoms with E-state index in [2.05, 4.69) is 11.8 Å². The van der Waals surface area contributed by atoms with Crippen LogP contribution in [-0.4, -0.2) is 12.1 Å². The van der Waals surface area contributed by atoms with Crippen molar-refractivity contribution < 1.29 is 9.59 Å². The van der Waals surface area contributed by atoms with E-state index in [1.54, 1.807) is 6.92 Å². The second-order valence-electron chi connectivity index (χ2n) is 1.17. The third-order valence-corrected chi connectivity index (χ3v) is 0.533. The third-order valence-electron chi connectivity index (χ3n) is 0.533. The predicted molar refractivity (Wildman–Crippen MR) is 29.1 cm³/mol. The summed E-state index contributed by atoms with van der Waals surface area (Å²) in [6, 6.07) is 0. The van der Waals surface area contributed by atoms with Gasteiger partial charge in [0.1, 0.15) is 6.29 Å². The maximum absolute atomic E-state index is 10.2. The van der Waals surface area contributed by atoms with Crippen molar-refractivity contribution in [3.8, 4) is 11.8 Å². The van der Waals surface area contributed by atoms with Gasteiger partial charge < -0.3 is 4.79 Å². The molecule has 42 valence electrons. The lowest BCUT2D eigenvalue weighted by atomic mass is 10.3. The summed E-state index contributed by atoms with van der Waals surface area (Å²) in [5, 5.41) is 0. The first kappa shape index (κ1) is 6.90. The van der Waals surface area contributed by atoms with Crippen molar-refractivity contribution >= 4 is 12.1 Å². The summed E-state index contributed by atoms with van der Waals surface area (Å²) in [5.41, 5.74) is 0. The zero-order valence-corrected chi connectivity index (χ0v) is 4.60. The van der Waals surface area contributed by atoms with Crippen LogP contribution in [0, 0.1) is 11.8 Å². The molecule has 0 bridgehead atoms. The quantitative estimate of drug-likeness (QED) is 0.220. The molecule has 0 aromatic carbocycles. The first-order chi connectivity index (χ1) is 3.81. The van der Waals surface area contributed by atoms with Crippen LogP contribution in [0.4, 0.5) is 0 Å². The molecule has 0 saturated carbocycles. The number of hydrogen-bond donors (Lipinski definition) is 0. The molecule has 0 rings (SSSR count). The highest BCUT2D eigenvalue weighted by Crippen LogP contribution is 1.72. The van der Waals surface area contributed by atoms with Crippen molar-refractivity contribution in [2.45, 2.75) is 13.3 Å². The van der Waals surface area contributed by atoms with Gasteiger partial charge >= 0.3 is 0 Å². The number of Topliss-reactive ketones (excluding diaryl/α,β-unsaturated/α-hetero) is 1. The fourth-order valence-electron chi connectivity index (χ4n) is 0.266. The van der Waals surface area contributed by atoms with Crippen molar-refractivity contribution in [3.63, 3.8) is 0 Å². The average molecular weight is 110 g/mol.